The maximum Gasteiger partial charge on any atom is 0.348 e. The Labute approximate surface area is 156 Å². The first-order valence-electron chi connectivity index (χ1n) is 8.19. The zero-order chi connectivity index (χ0) is 18.2. The summed E-state index contributed by atoms with van der Waals surface area (Å²) in [7, 11) is 0. The van der Waals surface area contributed by atoms with Gasteiger partial charge in [-0.3, -0.25) is 0 Å². The molecule has 0 unspecified atom stereocenters. The number of hydrogen-bond donors (Lipinski definition) is 3. The third kappa shape index (κ3) is 5.76. The first kappa shape index (κ1) is 19.3. The number of anilines is 1. The fourth-order valence-corrected chi connectivity index (χ4v) is 3.40. The Balaban J connectivity index is 2.05. The first-order chi connectivity index (χ1) is 12.0. The number of thiophene rings is 1. The van der Waals surface area contributed by atoms with Crippen LogP contribution >= 0.6 is 22.9 Å². The molecular weight excluding hydrogens is 360 g/mol. The van der Waals surface area contributed by atoms with Crippen LogP contribution < -0.4 is 10.6 Å². The number of halogens is 1. The molecule has 1 aromatic carbocycles. The predicted octanol–water partition coefficient (Wildman–Crippen LogP) is 5.47. The van der Waals surface area contributed by atoms with E-state index in [0.29, 0.717) is 17.3 Å². The zero-order valence-corrected chi connectivity index (χ0v) is 15.5. The van der Waals surface area contributed by atoms with Crippen molar-refractivity contribution in [1.82, 2.24) is 5.32 Å². The van der Waals surface area contributed by atoms with Gasteiger partial charge in [0.15, 0.2) is 0 Å². The van der Waals surface area contributed by atoms with Gasteiger partial charge in [0.2, 0.25) is 0 Å². The van der Waals surface area contributed by atoms with Crippen LogP contribution in [0.3, 0.4) is 0 Å². The van der Waals surface area contributed by atoms with Crippen molar-refractivity contribution in [2.45, 2.75) is 32.6 Å². The van der Waals surface area contributed by atoms with Gasteiger partial charge in [0.25, 0.3) is 0 Å². The van der Waals surface area contributed by atoms with Crippen LogP contribution in [0.25, 0.3) is 10.4 Å². The second-order valence-corrected chi connectivity index (χ2v) is 7.10. The van der Waals surface area contributed by atoms with Crippen molar-refractivity contribution >= 4 is 40.6 Å². The molecule has 0 fully saturated rings. The molecule has 0 aliphatic heterocycles. The van der Waals surface area contributed by atoms with Gasteiger partial charge in [-0.05, 0) is 30.2 Å². The molecular formula is C18H21ClN2O3S. The van der Waals surface area contributed by atoms with Crippen molar-refractivity contribution in [2.75, 3.05) is 11.9 Å². The molecule has 0 saturated heterocycles. The molecule has 0 saturated carbocycles. The van der Waals surface area contributed by atoms with Crippen LogP contribution in [0, 0.1) is 0 Å². The normalized spacial score (nSPS) is 10.5. The molecule has 0 bridgehead atoms. The minimum Gasteiger partial charge on any atom is -0.477 e. The zero-order valence-electron chi connectivity index (χ0n) is 14.0. The van der Waals surface area contributed by atoms with Gasteiger partial charge in [0.05, 0.1) is 5.69 Å². The van der Waals surface area contributed by atoms with E-state index in [1.807, 2.05) is 12.1 Å². The summed E-state index contributed by atoms with van der Waals surface area (Å²) in [6.45, 7) is 2.70. The van der Waals surface area contributed by atoms with E-state index in [0.717, 1.165) is 47.5 Å². The molecule has 25 heavy (non-hydrogen) atoms. The monoisotopic (exact) mass is 380 g/mol. The molecule has 2 aromatic rings. The Kier molecular flexibility index (Phi) is 7.28. The highest BCUT2D eigenvalue weighted by Crippen LogP contribution is 2.35. The summed E-state index contributed by atoms with van der Waals surface area (Å²) >= 11 is 7.00. The highest BCUT2D eigenvalue weighted by Gasteiger charge is 2.18. The number of nitrogens with one attached hydrogen (secondary N) is 2. The highest BCUT2D eigenvalue weighted by atomic mass is 35.5. The number of carboxylic acid groups (broad SMARTS) is 1. The molecule has 3 N–H and O–H groups in total. The minimum absolute atomic E-state index is 0.103. The quantitative estimate of drug-likeness (QED) is 0.531. The Morgan fingerprint density at radius 2 is 1.88 bits per heavy atom. The fourth-order valence-electron chi connectivity index (χ4n) is 2.32. The average molecular weight is 381 g/mol. The SMILES string of the molecule is CCCCCCNC(=O)Nc1cc(-c2ccc(Cl)cc2)sc1C(=O)O. The van der Waals surface area contributed by atoms with Crippen LogP contribution in [0.5, 0.6) is 0 Å². The van der Waals surface area contributed by atoms with Crippen molar-refractivity contribution < 1.29 is 14.7 Å². The van der Waals surface area contributed by atoms with E-state index in [9.17, 15) is 14.7 Å². The van der Waals surface area contributed by atoms with Gasteiger partial charge in [-0.1, -0.05) is 49.9 Å². The summed E-state index contributed by atoms with van der Waals surface area (Å²) < 4.78 is 0. The van der Waals surface area contributed by atoms with Gasteiger partial charge >= 0.3 is 12.0 Å². The minimum atomic E-state index is -1.07. The van der Waals surface area contributed by atoms with Gasteiger partial charge in [-0.25, -0.2) is 9.59 Å². The molecule has 0 radical (unpaired) electrons. The fraction of sp³-hybridized carbons (Fsp3) is 0.333. The number of carbonyl (C=O) groups is 2. The van der Waals surface area contributed by atoms with E-state index in [1.54, 1.807) is 18.2 Å². The number of rotatable bonds is 8. The van der Waals surface area contributed by atoms with E-state index in [1.165, 1.54) is 0 Å². The molecule has 0 spiro atoms. The molecule has 5 nitrogen and oxygen atoms in total. The van der Waals surface area contributed by atoms with Crippen molar-refractivity contribution in [1.29, 1.82) is 0 Å². The molecule has 2 amide bonds. The Morgan fingerprint density at radius 1 is 1.16 bits per heavy atom. The smallest absolute Gasteiger partial charge is 0.348 e. The topological polar surface area (TPSA) is 78.4 Å². The molecule has 0 aliphatic rings. The summed E-state index contributed by atoms with van der Waals surface area (Å²) in [5, 5.41) is 15.4. The molecule has 0 aliphatic carbocycles. The summed E-state index contributed by atoms with van der Waals surface area (Å²) in [6, 6.07) is 8.41. The summed E-state index contributed by atoms with van der Waals surface area (Å²) in [6.07, 6.45) is 4.25. The van der Waals surface area contributed by atoms with E-state index in [-0.39, 0.29) is 10.9 Å². The van der Waals surface area contributed by atoms with Crippen molar-refractivity contribution in [3.63, 3.8) is 0 Å². The number of carbonyl (C=O) groups excluding carboxylic acids is 1. The van der Waals surface area contributed by atoms with E-state index >= 15 is 0 Å². The Hall–Kier alpha value is -2.05. The molecule has 134 valence electrons. The Bertz CT molecular complexity index is 728. The number of urea groups is 1. The van der Waals surface area contributed by atoms with Gasteiger partial charge in [0.1, 0.15) is 4.88 Å². The summed E-state index contributed by atoms with van der Waals surface area (Å²) in [5.74, 6) is -1.07. The van der Waals surface area contributed by atoms with Crippen LogP contribution in [-0.2, 0) is 0 Å². The lowest BCUT2D eigenvalue weighted by Gasteiger charge is -2.06. The van der Waals surface area contributed by atoms with E-state index < -0.39 is 5.97 Å². The number of carboxylic acids is 1. The van der Waals surface area contributed by atoms with Crippen LogP contribution in [0.2, 0.25) is 5.02 Å². The lowest BCUT2D eigenvalue weighted by Crippen LogP contribution is -2.29. The van der Waals surface area contributed by atoms with Crippen molar-refractivity contribution in [3.8, 4) is 10.4 Å². The van der Waals surface area contributed by atoms with Gasteiger partial charge < -0.3 is 15.7 Å². The molecule has 1 heterocycles. The van der Waals surface area contributed by atoms with Gasteiger partial charge in [0, 0.05) is 16.4 Å². The summed E-state index contributed by atoms with van der Waals surface area (Å²) in [4.78, 5) is 24.3. The van der Waals surface area contributed by atoms with Crippen LogP contribution in [0.15, 0.2) is 30.3 Å². The predicted molar refractivity (Wildman–Crippen MR) is 103 cm³/mol. The Morgan fingerprint density at radius 3 is 2.52 bits per heavy atom. The van der Waals surface area contributed by atoms with Gasteiger partial charge in [-0.15, -0.1) is 11.3 Å². The standard InChI is InChI=1S/C18H21ClN2O3S/c1-2-3-4-5-10-20-18(24)21-14-11-15(25-16(14)17(22)23)12-6-8-13(19)9-7-12/h6-9,11H,2-5,10H2,1H3,(H,22,23)(H2,20,21,24). The lowest BCUT2D eigenvalue weighted by atomic mass is 10.2. The van der Waals surface area contributed by atoms with E-state index in [4.69, 9.17) is 11.6 Å². The third-order valence-electron chi connectivity index (χ3n) is 3.62. The third-order valence-corrected chi connectivity index (χ3v) is 5.04. The van der Waals surface area contributed by atoms with Crippen LogP contribution in [0.4, 0.5) is 10.5 Å². The number of hydrogen-bond acceptors (Lipinski definition) is 3. The van der Waals surface area contributed by atoms with Crippen LogP contribution in [-0.4, -0.2) is 23.7 Å². The number of unbranched alkanes of at least 4 members (excludes halogenated alkanes) is 3. The first-order valence-corrected chi connectivity index (χ1v) is 9.38. The summed E-state index contributed by atoms with van der Waals surface area (Å²) in [5.41, 5.74) is 1.15. The maximum absolute atomic E-state index is 12.0. The maximum atomic E-state index is 12.0. The van der Waals surface area contributed by atoms with Crippen LogP contribution in [0.1, 0.15) is 42.3 Å². The molecule has 1 aromatic heterocycles. The molecule has 0 atom stereocenters. The second kappa shape index (κ2) is 9.44. The van der Waals surface area contributed by atoms with Crippen molar-refractivity contribution in [2.24, 2.45) is 0 Å². The van der Waals surface area contributed by atoms with Crippen molar-refractivity contribution in [3.05, 3.63) is 40.2 Å². The van der Waals surface area contributed by atoms with Gasteiger partial charge in [-0.2, -0.15) is 0 Å². The molecule has 2 rings (SSSR count). The number of amides is 2. The lowest BCUT2D eigenvalue weighted by molar-refractivity contribution is 0.0703. The number of benzene rings is 1. The van der Waals surface area contributed by atoms with E-state index in [2.05, 4.69) is 17.6 Å². The average Bonchev–Trinajstić information content (AvgIpc) is 2.99. The second-order valence-electron chi connectivity index (χ2n) is 5.61. The largest absolute Gasteiger partial charge is 0.477 e. The molecule has 7 heteroatoms. The number of aromatic carboxylic acids is 1. The highest BCUT2D eigenvalue weighted by molar-refractivity contribution is 7.18.